The van der Waals surface area contributed by atoms with Crippen molar-refractivity contribution in [1.82, 2.24) is 15.8 Å². The lowest BCUT2D eigenvalue weighted by molar-refractivity contribution is -0.147. The Hall–Kier alpha value is -4.08. The molecule has 1 atom stereocenters. The number of esters is 1. The van der Waals surface area contributed by atoms with Crippen LogP contribution in [0.3, 0.4) is 0 Å². The highest BCUT2D eigenvalue weighted by molar-refractivity contribution is 5.85. The van der Waals surface area contributed by atoms with Gasteiger partial charge in [0.1, 0.15) is 18.2 Å². The second-order valence-corrected chi connectivity index (χ2v) is 8.77. The summed E-state index contributed by atoms with van der Waals surface area (Å²) in [7, 11) is 0. The fourth-order valence-electron chi connectivity index (χ4n) is 2.94. The third kappa shape index (κ3) is 10.6. The second-order valence-electron chi connectivity index (χ2n) is 8.77. The number of urea groups is 1. The standard InChI is InChI=1S/C25H32N4O6/c1-25(2,3)35-24(33)28-29(15-14-21(26)30)23(32)27-20(16-18-10-6-4-7-11-18)22(31)34-17-19-12-8-5-9-13-19/h4-13,20H,14-17H2,1-3H3,(H2,26,30)(H,27,32)(H,28,33). The van der Waals surface area contributed by atoms with Crippen molar-refractivity contribution in [3.05, 3.63) is 71.8 Å². The summed E-state index contributed by atoms with van der Waals surface area (Å²) in [6.45, 7) is 4.80. The molecule has 0 aliphatic carbocycles. The van der Waals surface area contributed by atoms with Gasteiger partial charge in [-0.15, -0.1) is 0 Å². The van der Waals surface area contributed by atoms with E-state index in [-0.39, 0.29) is 26.0 Å². The highest BCUT2D eigenvalue weighted by Crippen LogP contribution is 2.09. The normalized spacial score (nSPS) is 11.6. The monoisotopic (exact) mass is 484 g/mol. The van der Waals surface area contributed by atoms with E-state index < -0.39 is 35.6 Å². The molecule has 0 saturated heterocycles. The molecule has 10 heteroatoms. The molecule has 4 amide bonds. The van der Waals surface area contributed by atoms with Crippen molar-refractivity contribution in [2.75, 3.05) is 6.54 Å². The van der Waals surface area contributed by atoms with E-state index in [1.165, 1.54) is 0 Å². The number of hydrogen-bond donors (Lipinski definition) is 3. The van der Waals surface area contributed by atoms with Crippen molar-refractivity contribution < 1.29 is 28.7 Å². The van der Waals surface area contributed by atoms with Crippen LogP contribution in [0.1, 0.15) is 38.3 Å². The van der Waals surface area contributed by atoms with Gasteiger partial charge in [0, 0.05) is 12.8 Å². The zero-order valence-corrected chi connectivity index (χ0v) is 20.2. The van der Waals surface area contributed by atoms with Gasteiger partial charge in [-0.3, -0.25) is 4.79 Å². The Labute approximate surface area is 204 Å². The van der Waals surface area contributed by atoms with Crippen LogP contribution in [0, 0.1) is 0 Å². The topological polar surface area (TPSA) is 140 Å². The second kappa shape index (κ2) is 13.0. The zero-order chi connectivity index (χ0) is 25.8. The van der Waals surface area contributed by atoms with Gasteiger partial charge in [0.25, 0.3) is 0 Å². The number of nitrogens with one attached hydrogen (secondary N) is 2. The Kier molecular flexibility index (Phi) is 10.1. The molecule has 0 bridgehead atoms. The van der Waals surface area contributed by atoms with Crippen molar-refractivity contribution in [2.45, 2.75) is 51.9 Å². The number of rotatable bonds is 9. The van der Waals surface area contributed by atoms with E-state index in [9.17, 15) is 19.2 Å². The molecule has 0 fully saturated rings. The van der Waals surface area contributed by atoms with Crippen molar-refractivity contribution in [2.24, 2.45) is 5.73 Å². The summed E-state index contributed by atoms with van der Waals surface area (Å²) < 4.78 is 10.6. The first-order valence-corrected chi connectivity index (χ1v) is 11.1. The summed E-state index contributed by atoms with van der Waals surface area (Å²) >= 11 is 0. The number of amides is 4. The van der Waals surface area contributed by atoms with Crippen LogP contribution in [0.5, 0.6) is 0 Å². The summed E-state index contributed by atoms with van der Waals surface area (Å²) in [6.07, 6.45) is -0.968. The molecule has 0 radical (unpaired) electrons. The van der Waals surface area contributed by atoms with Gasteiger partial charge in [0.05, 0.1) is 6.54 Å². The smallest absolute Gasteiger partial charge is 0.426 e. The third-order valence-electron chi connectivity index (χ3n) is 4.54. The van der Waals surface area contributed by atoms with Crippen LogP contribution in [0.25, 0.3) is 0 Å². The quantitative estimate of drug-likeness (QED) is 0.369. The Morgan fingerprint density at radius 3 is 2.06 bits per heavy atom. The molecule has 0 heterocycles. The van der Waals surface area contributed by atoms with Crippen LogP contribution in [-0.4, -0.2) is 47.2 Å². The number of benzene rings is 2. The maximum Gasteiger partial charge on any atom is 0.426 e. The number of hydrazine groups is 1. The number of hydrogen-bond acceptors (Lipinski definition) is 6. The molecule has 0 spiro atoms. The Balaban J connectivity index is 2.15. The molecule has 0 aliphatic heterocycles. The number of nitrogens with two attached hydrogens (primary N) is 1. The minimum Gasteiger partial charge on any atom is -0.459 e. The van der Waals surface area contributed by atoms with Crippen LogP contribution in [0.2, 0.25) is 0 Å². The molecule has 0 aromatic heterocycles. The average Bonchev–Trinajstić information content (AvgIpc) is 2.79. The minimum atomic E-state index is -1.06. The van der Waals surface area contributed by atoms with E-state index in [1.807, 2.05) is 60.7 Å². The van der Waals surface area contributed by atoms with Crippen LogP contribution in [0.15, 0.2) is 60.7 Å². The van der Waals surface area contributed by atoms with Crippen LogP contribution in [-0.2, 0) is 32.1 Å². The number of nitrogens with zero attached hydrogens (tertiary/aromatic N) is 1. The van der Waals surface area contributed by atoms with Gasteiger partial charge in [-0.25, -0.2) is 24.8 Å². The number of primary amides is 1. The van der Waals surface area contributed by atoms with E-state index >= 15 is 0 Å². The average molecular weight is 485 g/mol. The maximum atomic E-state index is 13.0. The number of ether oxygens (including phenoxy) is 2. The zero-order valence-electron chi connectivity index (χ0n) is 20.2. The van der Waals surface area contributed by atoms with Crippen molar-refractivity contribution in [3.8, 4) is 0 Å². The molecule has 35 heavy (non-hydrogen) atoms. The first-order chi connectivity index (χ1) is 16.5. The molecule has 10 nitrogen and oxygen atoms in total. The molecule has 2 aromatic carbocycles. The van der Waals surface area contributed by atoms with Gasteiger partial charge in [0.2, 0.25) is 5.91 Å². The minimum absolute atomic E-state index is 0.0301. The largest absolute Gasteiger partial charge is 0.459 e. The van der Waals surface area contributed by atoms with Crippen LogP contribution in [0.4, 0.5) is 9.59 Å². The van der Waals surface area contributed by atoms with E-state index in [0.717, 1.165) is 16.1 Å². The Bertz CT molecular complexity index is 992. The highest BCUT2D eigenvalue weighted by atomic mass is 16.6. The summed E-state index contributed by atoms with van der Waals surface area (Å²) in [5, 5.41) is 3.43. The summed E-state index contributed by atoms with van der Waals surface area (Å²) in [5.41, 5.74) is 8.27. The molecule has 0 aliphatic rings. The SMILES string of the molecule is CC(C)(C)OC(=O)NN(CCC(N)=O)C(=O)NC(Cc1ccccc1)C(=O)OCc1ccccc1. The molecule has 2 rings (SSSR count). The third-order valence-corrected chi connectivity index (χ3v) is 4.54. The fraction of sp³-hybridized carbons (Fsp3) is 0.360. The lowest BCUT2D eigenvalue weighted by Gasteiger charge is -2.27. The predicted octanol–water partition coefficient (Wildman–Crippen LogP) is 2.67. The lowest BCUT2D eigenvalue weighted by atomic mass is 10.1. The first-order valence-electron chi connectivity index (χ1n) is 11.1. The molecular formula is C25H32N4O6. The predicted molar refractivity (Wildman–Crippen MR) is 129 cm³/mol. The highest BCUT2D eigenvalue weighted by Gasteiger charge is 2.28. The molecule has 4 N–H and O–H groups in total. The number of carbonyl (C=O) groups excluding carboxylic acids is 4. The van der Waals surface area contributed by atoms with Gasteiger partial charge in [-0.05, 0) is 31.9 Å². The van der Waals surface area contributed by atoms with Crippen molar-refractivity contribution in [1.29, 1.82) is 0 Å². The maximum absolute atomic E-state index is 13.0. The van der Waals surface area contributed by atoms with E-state index in [4.69, 9.17) is 15.2 Å². The van der Waals surface area contributed by atoms with Gasteiger partial charge in [-0.1, -0.05) is 60.7 Å². The van der Waals surface area contributed by atoms with Gasteiger partial charge >= 0.3 is 18.1 Å². The summed E-state index contributed by atoms with van der Waals surface area (Å²) in [6, 6.07) is 16.3. The van der Waals surface area contributed by atoms with Gasteiger partial charge in [-0.2, -0.15) is 0 Å². The van der Waals surface area contributed by atoms with Crippen molar-refractivity contribution in [3.63, 3.8) is 0 Å². The van der Waals surface area contributed by atoms with Crippen LogP contribution >= 0.6 is 0 Å². The van der Waals surface area contributed by atoms with Crippen LogP contribution < -0.4 is 16.5 Å². The summed E-state index contributed by atoms with van der Waals surface area (Å²) in [5.74, 6) is -1.32. The first kappa shape index (κ1) is 27.2. The fourth-order valence-corrected chi connectivity index (χ4v) is 2.94. The number of carbonyl (C=O) groups is 4. The van der Waals surface area contributed by atoms with Gasteiger partial charge in [0.15, 0.2) is 0 Å². The molecule has 188 valence electrons. The Morgan fingerprint density at radius 2 is 1.51 bits per heavy atom. The summed E-state index contributed by atoms with van der Waals surface area (Å²) in [4.78, 5) is 49.4. The molecular weight excluding hydrogens is 452 g/mol. The van der Waals surface area contributed by atoms with E-state index in [0.29, 0.717) is 0 Å². The van der Waals surface area contributed by atoms with Crippen molar-refractivity contribution >= 4 is 24.0 Å². The molecule has 2 aromatic rings. The van der Waals surface area contributed by atoms with E-state index in [2.05, 4.69) is 10.7 Å². The Morgan fingerprint density at radius 1 is 0.943 bits per heavy atom. The molecule has 0 saturated carbocycles. The van der Waals surface area contributed by atoms with E-state index in [1.54, 1.807) is 20.8 Å². The molecule has 1 unspecified atom stereocenters. The lowest BCUT2D eigenvalue weighted by Crippen LogP contribution is -2.56. The van der Waals surface area contributed by atoms with Gasteiger partial charge < -0.3 is 20.5 Å².